The van der Waals surface area contributed by atoms with Crippen molar-refractivity contribution in [1.82, 2.24) is 4.48 Å². The van der Waals surface area contributed by atoms with E-state index in [1.807, 2.05) is 0 Å². The van der Waals surface area contributed by atoms with Crippen LogP contribution >= 0.6 is 15.6 Å². The first-order valence-electron chi connectivity index (χ1n) is 10.00. The fraction of sp³-hybridized carbons (Fsp3) is 0. The molecular weight excluding hydrogens is 476 g/mol. The Morgan fingerprint density at radius 3 is 0.824 bits per heavy atom. The van der Waals surface area contributed by atoms with Gasteiger partial charge in [0, 0.05) is 48.5 Å². The van der Waals surface area contributed by atoms with Crippen molar-refractivity contribution < 1.29 is 37.3 Å². The summed E-state index contributed by atoms with van der Waals surface area (Å²) in [6, 6.07) is 42.8. The second-order valence-electron chi connectivity index (χ2n) is 6.99. The Hall–Kier alpha value is -2.90. The van der Waals surface area contributed by atoms with Gasteiger partial charge in [0.05, 0.1) is 15.6 Å². The summed E-state index contributed by atoms with van der Waals surface area (Å²) in [4.78, 5) is 37.3. The summed E-state index contributed by atoms with van der Waals surface area (Å²) >= 11 is 0. The van der Waals surface area contributed by atoms with Gasteiger partial charge in [0.1, 0.15) is 22.7 Å². The third-order valence-electron chi connectivity index (χ3n) is 4.77. The molecule has 0 N–H and O–H groups in total. The van der Waals surface area contributed by atoms with E-state index in [-0.39, 0.29) is 4.28 Å². The molecule has 0 amide bonds. The van der Waals surface area contributed by atoms with Crippen LogP contribution in [0.1, 0.15) is 4.28 Å². The maximum atomic E-state index is 9.32. The number of para-hydroxylation sites is 4. The lowest BCUT2D eigenvalue weighted by Gasteiger charge is -2.39. The molecule has 0 spiro atoms. The quantitative estimate of drug-likeness (QED) is 0.289. The SMILES string of the molecule is O=P([O-])([O-])OP(=O)([O-])[O-].[H+].[H+].[H+].c1ccc([N+](c2ccccc2)(c2ccccc2)c2ccccc2)cc1. The summed E-state index contributed by atoms with van der Waals surface area (Å²) in [6.07, 6.45) is 0. The lowest BCUT2D eigenvalue weighted by Crippen LogP contribution is -2.33. The minimum atomic E-state index is -5.68. The van der Waals surface area contributed by atoms with Crippen molar-refractivity contribution in [2.75, 3.05) is 0 Å². The highest BCUT2D eigenvalue weighted by atomic mass is 31.3. The minimum absolute atomic E-state index is 0. The zero-order valence-corrected chi connectivity index (χ0v) is 19.5. The minimum Gasteiger partial charge on any atom is -0.790 e. The molecule has 0 saturated heterocycles. The van der Waals surface area contributed by atoms with Gasteiger partial charge >= 0.3 is 4.28 Å². The van der Waals surface area contributed by atoms with Gasteiger partial charge in [-0.15, -0.1) is 0 Å². The van der Waals surface area contributed by atoms with Crippen molar-refractivity contribution in [3.63, 3.8) is 0 Å². The molecule has 34 heavy (non-hydrogen) atoms. The molecule has 4 aromatic rings. The Morgan fingerprint density at radius 2 is 0.676 bits per heavy atom. The second kappa shape index (κ2) is 11.0. The normalized spacial score (nSPS) is 11.9. The van der Waals surface area contributed by atoms with Crippen LogP contribution < -0.4 is 24.1 Å². The fourth-order valence-electron chi connectivity index (χ4n) is 3.62. The number of nitrogens with zero attached hydrogens (tertiary/aromatic N) is 1. The van der Waals surface area contributed by atoms with E-state index in [0.29, 0.717) is 4.48 Å². The van der Waals surface area contributed by atoms with Crippen LogP contribution in [-0.2, 0) is 13.4 Å². The Kier molecular flexibility index (Phi) is 8.33. The average molecular weight is 499 g/mol. The van der Waals surface area contributed by atoms with Crippen LogP contribution in [0.15, 0.2) is 121 Å². The Morgan fingerprint density at radius 1 is 0.471 bits per heavy atom. The van der Waals surface area contributed by atoms with E-state index in [9.17, 15) is 28.7 Å². The predicted octanol–water partition coefficient (Wildman–Crippen LogP) is 3.99. The zero-order valence-electron chi connectivity index (χ0n) is 20.7. The van der Waals surface area contributed by atoms with Crippen LogP contribution in [-0.4, -0.2) is 0 Å². The van der Waals surface area contributed by atoms with E-state index in [1.165, 1.54) is 22.7 Å². The summed E-state index contributed by atoms with van der Waals surface area (Å²) in [5.74, 6) is 0. The second-order valence-corrected chi connectivity index (χ2v) is 9.43. The van der Waals surface area contributed by atoms with E-state index in [1.54, 1.807) is 0 Å². The molecule has 0 aromatic heterocycles. The molecule has 0 unspecified atom stereocenters. The molecule has 0 aliphatic carbocycles. The number of rotatable bonds is 6. The Balaban J connectivity index is 0.000000943. The van der Waals surface area contributed by atoms with Crippen LogP contribution in [0.25, 0.3) is 0 Å². The largest absolute Gasteiger partial charge is 1.00 e. The topological polar surface area (TPSA) is 136 Å². The molecule has 0 heterocycles. The third-order valence-corrected chi connectivity index (χ3v) is 6.37. The van der Waals surface area contributed by atoms with Gasteiger partial charge in [0.25, 0.3) is 0 Å². The van der Waals surface area contributed by atoms with E-state index in [2.05, 4.69) is 126 Å². The number of hydrogen-bond donors (Lipinski definition) is 0. The molecule has 0 atom stereocenters. The number of quaternary nitrogens is 1. The van der Waals surface area contributed by atoms with Crippen LogP contribution in [0.3, 0.4) is 0 Å². The van der Waals surface area contributed by atoms with Crippen molar-refractivity contribution >= 4 is 38.4 Å². The van der Waals surface area contributed by atoms with Crippen molar-refractivity contribution in [3.8, 4) is 0 Å². The van der Waals surface area contributed by atoms with Gasteiger partial charge < -0.3 is 33.0 Å². The number of phosphoric acid groups is 2. The lowest BCUT2D eigenvalue weighted by molar-refractivity contribution is -0.364. The van der Waals surface area contributed by atoms with Gasteiger partial charge in [-0.25, -0.2) is 0 Å². The number of benzene rings is 4. The Bertz CT molecular complexity index is 1090. The van der Waals surface area contributed by atoms with Gasteiger partial charge in [-0.1, -0.05) is 72.8 Å². The molecule has 0 saturated carbocycles. The smallest absolute Gasteiger partial charge is 0.790 e. The monoisotopic (exact) mass is 499 g/mol. The van der Waals surface area contributed by atoms with Crippen LogP contribution in [0.4, 0.5) is 22.7 Å². The highest BCUT2D eigenvalue weighted by Crippen LogP contribution is 2.50. The summed E-state index contributed by atoms with van der Waals surface area (Å²) in [7, 11) is -11.4. The highest BCUT2D eigenvalue weighted by molar-refractivity contribution is 7.57. The molecule has 0 aliphatic rings. The maximum absolute atomic E-state index is 9.32. The molecule has 176 valence electrons. The van der Waals surface area contributed by atoms with Crippen molar-refractivity contribution in [3.05, 3.63) is 121 Å². The number of hydrogen-bond acceptors (Lipinski definition) is 7. The Labute approximate surface area is 201 Å². The molecule has 10 heteroatoms. The first-order valence-corrected chi connectivity index (χ1v) is 12.9. The van der Waals surface area contributed by atoms with Crippen LogP contribution in [0.2, 0.25) is 0 Å². The first kappa shape index (κ1) is 25.7. The van der Waals surface area contributed by atoms with Crippen LogP contribution in [0, 0.1) is 0 Å². The lowest BCUT2D eigenvalue weighted by atomic mass is 10.1. The van der Waals surface area contributed by atoms with E-state index in [0.717, 1.165) is 0 Å². The molecule has 0 aliphatic heterocycles. The summed E-state index contributed by atoms with van der Waals surface area (Å²) < 4.78 is 21.7. The standard InChI is InChI=1S/C24H20N.H4O7P2/c1-5-13-21(14-6-1)25(22-15-7-2-8-16-22,23-17-9-3-10-18-23)24-19-11-4-12-20-24;1-8(2,3)7-9(4,5)6/h1-20H;(H2,1,2,3)(H2,4,5,6)/q+1;/p-1. The summed E-state index contributed by atoms with van der Waals surface area (Å²) in [6.45, 7) is 0. The van der Waals surface area contributed by atoms with E-state index in [4.69, 9.17) is 0 Å². The molecular formula is C24H23NO7P2. The fourth-order valence-corrected chi connectivity index (χ4v) is 4.60. The van der Waals surface area contributed by atoms with Gasteiger partial charge in [-0.3, -0.25) is 0 Å². The average Bonchev–Trinajstić information content (AvgIpc) is 2.81. The van der Waals surface area contributed by atoms with Gasteiger partial charge in [0.15, 0.2) is 0 Å². The van der Waals surface area contributed by atoms with E-state index < -0.39 is 15.6 Å². The van der Waals surface area contributed by atoms with Crippen molar-refractivity contribution in [2.24, 2.45) is 0 Å². The zero-order chi connectivity index (χ0) is 24.7. The molecule has 0 radical (unpaired) electrons. The van der Waals surface area contributed by atoms with Crippen molar-refractivity contribution in [1.29, 1.82) is 0 Å². The highest BCUT2D eigenvalue weighted by Gasteiger charge is 2.38. The molecule has 4 aromatic carbocycles. The summed E-state index contributed by atoms with van der Waals surface area (Å²) in [5, 5.41) is 0. The molecule has 0 bridgehead atoms. The van der Waals surface area contributed by atoms with Crippen LogP contribution in [0.5, 0.6) is 0 Å². The molecule has 4 rings (SSSR count). The predicted molar refractivity (Wildman–Crippen MR) is 126 cm³/mol. The first-order chi connectivity index (χ1) is 16.1. The van der Waals surface area contributed by atoms with Gasteiger partial charge in [-0.05, 0) is 0 Å². The van der Waals surface area contributed by atoms with Gasteiger partial charge in [-0.2, -0.15) is 4.48 Å². The third kappa shape index (κ3) is 6.58. The summed E-state index contributed by atoms with van der Waals surface area (Å²) in [5.41, 5.74) is 4.86. The maximum Gasteiger partial charge on any atom is 1.00 e. The van der Waals surface area contributed by atoms with E-state index >= 15 is 0 Å². The van der Waals surface area contributed by atoms with Crippen molar-refractivity contribution in [2.45, 2.75) is 0 Å². The molecule has 8 nitrogen and oxygen atoms in total. The molecule has 0 fully saturated rings. The van der Waals surface area contributed by atoms with Gasteiger partial charge in [0.2, 0.25) is 0 Å².